The van der Waals surface area contributed by atoms with Crippen LogP contribution in [0, 0.1) is 18.3 Å². The largest absolute Gasteiger partial charge is 0.368 e. The minimum absolute atomic E-state index is 0.106. The summed E-state index contributed by atoms with van der Waals surface area (Å²) in [6.45, 7) is 2.35. The molecule has 0 aliphatic carbocycles. The van der Waals surface area contributed by atoms with Crippen LogP contribution in [-0.2, 0) is 6.54 Å². The molecule has 5 rings (SSSR count). The van der Waals surface area contributed by atoms with Crippen LogP contribution in [-0.4, -0.2) is 14.5 Å². The zero-order valence-electron chi connectivity index (χ0n) is 18.6. The van der Waals surface area contributed by atoms with E-state index in [-0.39, 0.29) is 11.5 Å². The van der Waals surface area contributed by atoms with Gasteiger partial charge >= 0.3 is 0 Å². The van der Waals surface area contributed by atoms with Gasteiger partial charge in [0.25, 0.3) is 5.56 Å². The summed E-state index contributed by atoms with van der Waals surface area (Å²) in [5.74, 6) is 0.106. The van der Waals surface area contributed by atoms with Crippen molar-refractivity contribution in [1.82, 2.24) is 14.5 Å². The number of nitrogens with two attached hydrogens (primary N) is 1. The summed E-state index contributed by atoms with van der Waals surface area (Å²) < 4.78 is 1.68. The van der Waals surface area contributed by atoms with Gasteiger partial charge in [-0.3, -0.25) is 4.79 Å². The van der Waals surface area contributed by atoms with Crippen molar-refractivity contribution < 1.29 is 0 Å². The molecule has 6 heteroatoms. The fourth-order valence-corrected chi connectivity index (χ4v) is 4.20. The monoisotopic (exact) mass is 443 g/mol. The number of benzene rings is 3. The molecule has 5 aromatic rings. The van der Waals surface area contributed by atoms with E-state index >= 15 is 0 Å². The van der Waals surface area contributed by atoms with Crippen LogP contribution in [0.1, 0.15) is 16.7 Å². The van der Waals surface area contributed by atoms with Crippen molar-refractivity contribution in [3.63, 3.8) is 0 Å². The van der Waals surface area contributed by atoms with Crippen molar-refractivity contribution in [3.05, 3.63) is 112 Å². The Morgan fingerprint density at radius 2 is 1.71 bits per heavy atom. The first-order valence-electron chi connectivity index (χ1n) is 10.9. The van der Waals surface area contributed by atoms with Crippen LogP contribution in [0.4, 0.5) is 5.95 Å². The topological polar surface area (TPSA) is 97.6 Å². The highest BCUT2D eigenvalue weighted by molar-refractivity contribution is 5.85. The summed E-state index contributed by atoms with van der Waals surface area (Å²) in [7, 11) is 0. The second-order valence-electron chi connectivity index (χ2n) is 8.11. The lowest BCUT2D eigenvalue weighted by Gasteiger charge is -2.11. The third kappa shape index (κ3) is 3.91. The number of nitriles is 1. The Labute approximate surface area is 196 Å². The molecule has 3 aromatic carbocycles. The van der Waals surface area contributed by atoms with E-state index in [2.05, 4.69) is 34.2 Å². The number of nitrogens with zero attached hydrogens (tertiary/aromatic N) is 4. The molecule has 2 heterocycles. The van der Waals surface area contributed by atoms with Gasteiger partial charge < -0.3 is 10.3 Å². The maximum absolute atomic E-state index is 13.0. The van der Waals surface area contributed by atoms with Gasteiger partial charge in [-0.25, -0.2) is 9.97 Å². The normalized spacial score (nSPS) is 10.8. The molecule has 0 radical (unpaired) electrons. The number of hydrogen-bond donors (Lipinski definition) is 1. The first-order valence-corrected chi connectivity index (χ1v) is 10.9. The number of hydrogen-bond acceptors (Lipinski definition) is 5. The van der Waals surface area contributed by atoms with E-state index in [0.29, 0.717) is 29.1 Å². The number of nitrogen functional groups attached to an aromatic ring is 1. The zero-order valence-corrected chi connectivity index (χ0v) is 18.6. The summed E-state index contributed by atoms with van der Waals surface area (Å²) in [5.41, 5.74) is 11.0. The van der Waals surface area contributed by atoms with Gasteiger partial charge in [0.15, 0.2) is 0 Å². The number of anilines is 1. The van der Waals surface area contributed by atoms with Gasteiger partial charge in [0.2, 0.25) is 5.95 Å². The lowest BCUT2D eigenvalue weighted by molar-refractivity contribution is 0.764. The molecule has 164 valence electrons. The zero-order chi connectivity index (χ0) is 23.7. The van der Waals surface area contributed by atoms with Crippen molar-refractivity contribution in [2.45, 2.75) is 13.5 Å². The summed E-state index contributed by atoms with van der Waals surface area (Å²) in [6, 6.07) is 27.1. The Hall–Kier alpha value is -4.76. The molecule has 2 N–H and O–H groups in total. The molecular weight excluding hydrogens is 422 g/mol. The smallest absolute Gasteiger partial charge is 0.251 e. The maximum Gasteiger partial charge on any atom is 0.251 e. The SMILES string of the molecule is Cc1c(C#N)cccc1-c1cc(-c2ccn(Cc3cccc4ccccc34)c(=O)c2)nc(N)n1. The summed E-state index contributed by atoms with van der Waals surface area (Å²) >= 11 is 0. The van der Waals surface area contributed by atoms with Gasteiger partial charge in [-0.2, -0.15) is 5.26 Å². The average Bonchev–Trinajstić information content (AvgIpc) is 2.85. The molecule has 2 aromatic heterocycles. The van der Waals surface area contributed by atoms with Crippen LogP contribution >= 0.6 is 0 Å². The second kappa shape index (κ2) is 8.64. The Morgan fingerprint density at radius 3 is 2.53 bits per heavy atom. The first-order chi connectivity index (χ1) is 16.5. The van der Waals surface area contributed by atoms with Gasteiger partial charge in [-0.1, -0.05) is 54.6 Å². The highest BCUT2D eigenvalue weighted by Crippen LogP contribution is 2.28. The molecule has 0 bridgehead atoms. The minimum atomic E-state index is -0.133. The third-order valence-corrected chi connectivity index (χ3v) is 5.99. The lowest BCUT2D eigenvalue weighted by atomic mass is 9.99. The van der Waals surface area contributed by atoms with Crippen LogP contribution < -0.4 is 11.3 Å². The first kappa shape index (κ1) is 21.1. The standard InChI is InChI=1S/C28H21N5O/c1-18-21(16-29)8-5-11-23(18)26-15-25(31-28(30)32-26)20-12-13-33(27(34)14-20)17-22-9-4-7-19-6-2-3-10-24(19)22/h2-15H,17H2,1H3,(H2,30,31,32). The number of fused-ring (bicyclic) bond motifs is 1. The number of rotatable bonds is 4. The predicted molar refractivity (Wildman–Crippen MR) is 134 cm³/mol. The van der Waals surface area contributed by atoms with Gasteiger partial charge in [0.05, 0.1) is 29.6 Å². The van der Waals surface area contributed by atoms with Crippen LogP contribution in [0.5, 0.6) is 0 Å². The Morgan fingerprint density at radius 1 is 0.941 bits per heavy atom. The third-order valence-electron chi connectivity index (χ3n) is 5.99. The maximum atomic E-state index is 13.0. The van der Waals surface area contributed by atoms with Crippen molar-refractivity contribution in [2.24, 2.45) is 0 Å². The highest BCUT2D eigenvalue weighted by atomic mass is 16.1. The van der Waals surface area contributed by atoms with Gasteiger partial charge in [0, 0.05) is 23.4 Å². The molecule has 0 unspecified atom stereocenters. The van der Waals surface area contributed by atoms with Crippen LogP contribution in [0.25, 0.3) is 33.3 Å². The molecule has 0 aliphatic heterocycles. The lowest BCUT2D eigenvalue weighted by Crippen LogP contribution is -2.19. The van der Waals surface area contributed by atoms with Crippen molar-refractivity contribution in [1.29, 1.82) is 5.26 Å². The molecular formula is C28H21N5O. The van der Waals surface area contributed by atoms with Crippen LogP contribution in [0.2, 0.25) is 0 Å². The second-order valence-corrected chi connectivity index (χ2v) is 8.11. The summed E-state index contributed by atoms with van der Waals surface area (Å²) in [4.78, 5) is 21.7. The fraction of sp³-hybridized carbons (Fsp3) is 0.0714. The molecule has 0 amide bonds. The Balaban J connectivity index is 1.52. The molecule has 0 atom stereocenters. The summed E-state index contributed by atoms with van der Waals surface area (Å²) in [5, 5.41) is 11.6. The van der Waals surface area contributed by atoms with E-state index in [1.807, 2.05) is 49.4 Å². The molecule has 0 saturated carbocycles. The predicted octanol–water partition coefficient (Wildman–Crippen LogP) is 4.94. The van der Waals surface area contributed by atoms with Crippen molar-refractivity contribution >= 4 is 16.7 Å². The van der Waals surface area contributed by atoms with Crippen LogP contribution in [0.3, 0.4) is 0 Å². The van der Waals surface area contributed by atoms with E-state index in [9.17, 15) is 10.1 Å². The van der Waals surface area contributed by atoms with E-state index in [1.165, 1.54) is 0 Å². The average molecular weight is 444 g/mol. The van der Waals surface area contributed by atoms with Gasteiger partial charge in [0.1, 0.15) is 0 Å². The summed E-state index contributed by atoms with van der Waals surface area (Å²) in [6.07, 6.45) is 1.78. The van der Waals surface area contributed by atoms with E-state index in [4.69, 9.17) is 5.73 Å². The van der Waals surface area contributed by atoms with E-state index in [0.717, 1.165) is 27.5 Å². The fourth-order valence-electron chi connectivity index (χ4n) is 4.20. The quantitative estimate of drug-likeness (QED) is 0.424. The molecule has 6 nitrogen and oxygen atoms in total. The Kier molecular flexibility index (Phi) is 5.36. The highest BCUT2D eigenvalue weighted by Gasteiger charge is 2.12. The molecule has 0 aliphatic rings. The van der Waals surface area contributed by atoms with Gasteiger partial charge in [-0.05, 0) is 47.0 Å². The number of aromatic nitrogens is 3. The minimum Gasteiger partial charge on any atom is -0.368 e. The van der Waals surface area contributed by atoms with Crippen molar-refractivity contribution in [3.8, 4) is 28.6 Å². The molecule has 0 fully saturated rings. The molecule has 34 heavy (non-hydrogen) atoms. The molecule has 0 saturated heterocycles. The van der Waals surface area contributed by atoms with Crippen LogP contribution in [0.15, 0.2) is 89.9 Å². The molecule has 0 spiro atoms. The van der Waals surface area contributed by atoms with Gasteiger partial charge in [-0.15, -0.1) is 0 Å². The van der Waals surface area contributed by atoms with Crippen molar-refractivity contribution in [2.75, 3.05) is 5.73 Å². The number of pyridine rings is 1. The van der Waals surface area contributed by atoms with E-state index < -0.39 is 0 Å². The Bertz CT molecular complexity index is 1640. The van der Waals surface area contributed by atoms with E-state index in [1.54, 1.807) is 29.0 Å².